The summed E-state index contributed by atoms with van der Waals surface area (Å²) in [6.45, 7) is 8.41. The molecule has 0 saturated carbocycles. The van der Waals surface area contributed by atoms with E-state index in [2.05, 4.69) is 23.6 Å². The number of rotatable bonds is 7. The molecular formula is C20H26N2O2S. The maximum Gasteiger partial charge on any atom is 0.251 e. The molecule has 0 aliphatic heterocycles. The molecule has 0 aliphatic rings. The van der Waals surface area contributed by atoms with Crippen molar-refractivity contribution in [1.82, 2.24) is 10.6 Å². The van der Waals surface area contributed by atoms with Crippen molar-refractivity contribution in [3.8, 4) is 0 Å². The van der Waals surface area contributed by atoms with Gasteiger partial charge in [0.25, 0.3) is 5.91 Å². The Kier molecular flexibility index (Phi) is 6.76. The average Bonchev–Trinajstić information content (AvgIpc) is 3.05. The molecule has 2 N–H and O–H groups in total. The van der Waals surface area contributed by atoms with Crippen LogP contribution in [-0.2, 0) is 17.8 Å². The van der Waals surface area contributed by atoms with Crippen LogP contribution >= 0.6 is 11.3 Å². The van der Waals surface area contributed by atoms with Crippen LogP contribution in [0.5, 0.6) is 0 Å². The van der Waals surface area contributed by atoms with Gasteiger partial charge in [0.2, 0.25) is 5.91 Å². The molecule has 0 saturated heterocycles. The molecule has 0 fully saturated rings. The van der Waals surface area contributed by atoms with E-state index in [1.165, 1.54) is 4.88 Å². The van der Waals surface area contributed by atoms with Crippen LogP contribution in [0.4, 0.5) is 0 Å². The van der Waals surface area contributed by atoms with E-state index in [4.69, 9.17) is 0 Å². The fourth-order valence-corrected chi connectivity index (χ4v) is 3.43. The highest BCUT2D eigenvalue weighted by atomic mass is 32.1. The first kappa shape index (κ1) is 19.2. The zero-order chi connectivity index (χ0) is 18.4. The Bertz CT molecular complexity index is 737. The van der Waals surface area contributed by atoms with E-state index in [-0.39, 0.29) is 17.7 Å². The summed E-state index contributed by atoms with van der Waals surface area (Å²) in [5.74, 6) is -0.368. The predicted octanol–water partition coefficient (Wildman–Crippen LogP) is 3.69. The molecule has 0 radical (unpaired) electrons. The van der Waals surface area contributed by atoms with Crippen molar-refractivity contribution in [3.63, 3.8) is 0 Å². The number of hydrogen-bond acceptors (Lipinski definition) is 3. The lowest BCUT2D eigenvalue weighted by atomic mass is 10.0. The van der Waals surface area contributed by atoms with Crippen LogP contribution < -0.4 is 10.6 Å². The lowest BCUT2D eigenvalue weighted by molar-refractivity contribution is -0.124. The minimum absolute atomic E-state index is 0.00305. The molecule has 0 aliphatic carbocycles. The summed E-state index contributed by atoms with van der Waals surface area (Å²) in [4.78, 5) is 27.4. The summed E-state index contributed by atoms with van der Waals surface area (Å²) < 4.78 is 0. The Labute approximate surface area is 153 Å². The van der Waals surface area contributed by atoms with Crippen molar-refractivity contribution in [2.24, 2.45) is 5.92 Å². The number of benzene rings is 1. The van der Waals surface area contributed by atoms with E-state index in [9.17, 15) is 9.59 Å². The summed E-state index contributed by atoms with van der Waals surface area (Å²) in [6.07, 6.45) is 1.000. The second-order valence-corrected chi connectivity index (χ2v) is 7.76. The topological polar surface area (TPSA) is 58.2 Å². The quantitative estimate of drug-likeness (QED) is 0.793. The minimum atomic E-state index is -0.557. The molecule has 1 aromatic carbocycles. The average molecular weight is 359 g/mol. The second-order valence-electron chi connectivity index (χ2n) is 6.50. The van der Waals surface area contributed by atoms with E-state index in [0.29, 0.717) is 12.1 Å². The third-order valence-corrected chi connectivity index (χ3v) is 5.25. The van der Waals surface area contributed by atoms with Gasteiger partial charge in [-0.1, -0.05) is 38.5 Å². The lowest BCUT2D eigenvalue weighted by Crippen LogP contribution is -2.49. The normalized spacial score (nSPS) is 12.0. The third kappa shape index (κ3) is 5.43. The Morgan fingerprint density at radius 1 is 1.12 bits per heavy atom. The number of hydrogen-bond donors (Lipinski definition) is 2. The van der Waals surface area contributed by atoms with Crippen molar-refractivity contribution >= 4 is 23.2 Å². The largest absolute Gasteiger partial charge is 0.349 e. The van der Waals surface area contributed by atoms with Gasteiger partial charge in [-0.15, -0.1) is 11.3 Å². The highest BCUT2D eigenvalue weighted by molar-refractivity contribution is 7.11. The fraction of sp³-hybridized carbons (Fsp3) is 0.400. The molecule has 0 bridgehead atoms. The van der Waals surface area contributed by atoms with Gasteiger partial charge in [-0.3, -0.25) is 9.59 Å². The van der Waals surface area contributed by atoms with Gasteiger partial charge in [-0.05, 0) is 43.5 Å². The first-order valence-corrected chi connectivity index (χ1v) is 9.45. The van der Waals surface area contributed by atoms with Gasteiger partial charge >= 0.3 is 0 Å². The van der Waals surface area contributed by atoms with Gasteiger partial charge < -0.3 is 10.6 Å². The second kappa shape index (κ2) is 8.81. The van der Waals surface area contributed by atoms with E-state index in [0.717, 1.165) is 16.9 Å². The summed E-state index contributed by atoms with van der Waals surface area (Å²) in [5, 5.41) is 5.81. The Morgan fingerprint density at radius 3 is 2.44 bits per heavy atom. The Hall–Kier alpha value is -2.14. The van der Waals surface area contributed by atoms with Gasteiger partial charge in [0.05, 0.1) is 6.54 Å². The van der Waals surface area contributed by atoms with E-state index in [1.54, 1.807) is 17.4 Å². The van der Waals surface area contributed by atoms with Crippen LogP contribution in [0.2, 0.25) is 0 Å². The number of nitrogens with one attached hydrogen (secondary N) is 2. The molecule has 1 unspecified atom stereocenters. The van der Waals surface area contributed by atoms with Crippen LogP contribution in [0.25, 0.3) is 0 Å². The standard InChI is InChI=1S/C20H26N2O2S/c1-5-16-9-10-17(25-16)12-21-20(24)18(13(2)3)22-19(23)15-8-6-7-14(4)11-15/h6-11,13,18H,5,12H2,1-4H3,(H,21,24)(H,22,23). The molecule has 0 spiro atoms. The SMILES string of the molecule is CCc1ccc(CNC(=O)C(NC(=O)c2cccc(C)c2)C(C)C)s1. The highest BCUT2D eigenvalue weighted by Crippen LogP contribution is 2.16. The van der Waals surface area contributed by atoms with Crippen molar-refractivity contribution in [2.45, 2.75) is 46.7 Å². The van der Waals surface area contributed by atoms with Gasteiger partial charge in [0.1, 0.15) is 6.04 Å². The van der Waals surface area contributed by atoms with Crippen molar-refractivity contribution in [2.75, 3.05) is 0 Å². The van der Waals surface area contributed by atoms with E-state index in [1.807, 2.05) is 45.0 Å². The Morgan fingerprint density at radius 2 is 1.84 bits per heavy atom. The number of aryl methyl sites for hydroxylation is 2. The van der Waals surface area contributed by atoms with Gasteiger partial charge in [-0.25, -0.2) is 0 Å². The molecule has 1 atom stereocenters. The zero-order valence-electron chi connectivity index (χ0n) is 15.3. The lowest BCUT2D eigenvalue weighted by Gasteiger charge is -2.21. The van der Waals surface area contributed by atoms with Crippen LogP contribution in [0.15, 0.2) is 36.4 Å². The molecule has 5 heteroatoms. The maximum absolute atomic E-state index is 12.5. The molecule has 2 aromatic rings. The Balaban J connectivity index is 1.99. The molecule has 1 heterocycles. The zero-order valence-corrected chi connectivity index (χ0v) is 16.1. The van der Waals surface area contributed by atoms with E-state index < -0.39 is 6.04 Å². The van der Waals surface area contributed by atoms with E-state index >= 15 is 0 Å². The highest BCUT2D eigenvalue weighted by Gasteiger charge is 2.24. The van der Waals surface area contributed by atoms with Crippen LogP contribution in [0, 0.1) is 12.8 Å². The summed E-state index contributed by atoms with van der Waals surface area (Å²) >= 11 is 1.71. The number of thiophene rings is 1. The van der Waals surface area contributed by atoms with Crippen LogP contribution in [-0.4, -0.2) is 17.9 Å². The molecule has 25 heavy (non-hydrogen) atoms. The van der Waals surface area contributed by atoms with Crippen molar-refractivity contribution in [1.29, 1.82) is 0 Å². The molecule has 2 rings (SSSR count). The third-order valence-electron chi connectivity index (χ3n) is 4.02. The van der Waals surface area contributed by atoms with Crippen LogP contribution in [0.1, 0.15) is 46.4 Å². The predicted molar refractivity (Wildman–Crippen MR) is 103 cm³/mol. The number of carbonyl (C=O) groups excluding carboxylic acids is 2. The molecule has 4 nitrogen and oxygen atoms in total. The molecule has 2 amide bonds. The summed E-state index contributed by atoms with van der Waals surface area (Å²) in [5.41, 5.74) is 1.59. The van der Waals surface area contributed by atoms with Gasteiger partial charge in [-0.2, -0.15) is 0 Å². The maximum atomic E-state index is 12.5. The first-order chi connectivity index (χ1) is 11.9. The number of carbonyl (C=O) groups is 2. The molecular weight excluding hydrogens is 332 g/mol. The first-order valence-electron chi connectivity index (χ1n) is 8.63. The molecule has 1 aromatic heterocycles. The van der Waals surface area contributed by atoms with Crippen molar-refractivity contribution < 1.29 is 9.59 Å². The monoisotopic (exact) mass is 358 g/mol. The van der Waals surface area contributed by atoms with Crippen molar-refractivity contribution in [3.05, 3.63) is 57.3 Å². The minimum Gasteiger partial charge on any atom is -0.349 e. The summed E-state index contributed by atoms with van der Waals surface area (Å²) in [6, 6.07) is 10.9. The van der Waals surface area contributed by atoms with Gasteiger partial charge in [0.15, 0.2) is 0 Å². The summed E-state index contributed by atoms with van der Waals surface area (Å²) in [7, 11) is 0. The van der Waals surface area contributed by atoms with Gasteiger partial charge in [0, 0.05) is 15.3 Å². The fourth-order valence-electron chi connectivity index (χ4n) is 2.54. The number of amides is 2. The van der Waals surface area contributed by atoms with Crippen LogP contribution in [0.3, 0.4) is 0 Å². The molecule has 134 valence electrons. The smallest absolute Gasteiger partial charge is 0.251 e.